The number of phosphoric ester groups is 1. The molecule has 0 saturated carbocycles. The Kier molecular flexibility index (Phi) is 13.4. The molecular weight excluding hydrogens is 335 g/mol. The molecule has 2 unspecified atom stereocenters. The minimum Gasteiger partial charge on any atom is -0.303 e. The lowest BCUT2D eigenvalue weighted by Gasteiger charge is -2.39. The van der Waals surface area contributed by atoms with Gasteiger partial charge in [-0.2, -0.15) is 0 Å². The summed E-state index contributed by atoms with van der Waals surface area (Å²) in [5.74, 6) is 0.948. The van der Waals surface area contributed by atoms with E-state index in [4.69, 9.17) is 4.52 Å². The lowest BCUT2D eigenvalue weighted by Crippen LogP contribution is -2.36. The summed E-state index contributed by atoms with van der Waals surface area (Å²) in [6, 6.07) is 0. The summed E-state index contributed by atoms with van der Waals surface area (Å²) in [4.78, 5) is 19.2. The van der Waals surface area contributed by atoms with Crippen LogP contribution in [0.25, 0.3) is 0 Å². The fourth-order valence-corrected chi connectivity index (χ4v) is 4.80. The molecule has 0 aliphatic rings. The number of hydrogen-bond donors (Lipinski definition) is 2. The Bertz CT molecular complexity index is 349. The monoisotopic (exact) mass is 378 g/mol. The largest absolute Gasteiger partial charge is 0.470 e. The SMILES string of the molecule is CCCCC(CC)CC(CCC)(CC(CC)CCCC)OP(=O)(O)O. The van der Waals surface area contributed by atoms with Crippen LogP contribution in [0.3, 0.4) is 0 Å². The van der Waals surface area contributed by atoms with Gasteiger partial charge in [-0.25, -0.2) is 4.57 Å². The normalized spacial score (nSPS) is 17.2. The van der Waals surface area contributed by atoms with Crippen molar-refractivity contribution in [3.8, 4) is 0 Å². The highest BCUT2D eigenvalue weighted by atomic mass is 31.2. The molecule has 0 aromatic rings. The van der Waals surface area contributed by atoms with Gasteiger partial charge in [-0.3, -0.25) is 4.52 Å². The van der Waals surface area contributed by atoms with Gasteiger partial charge in [-0.15, -0.1) is 0 Å². The molecule has 4 nitrogen and oxygen atoms in total. The maximum atomic E-state index is 11.8. The lowest BCUT2D eigenvalue weighted by atomic mass is 9.76. The van der Waals surface area contributed by atoms with Crippen molar-refractivity contribution in [3.63, 3.8) is 0 Å². The zero-order chi connectivity index (χ0) is 19.3. The van der Waals surface area contributed by atoms with E-state index in [9.17, 15) is 14.4 Å². The van der Waals surface area contributed by atoms with Crippen LogP contribution in [0.5, 0.6) is 0 Å². The van der Waals surface area contributed by atoms with Crippen LogP contribution in [0.4, 0.5) is 0 Å². The van der Waals surface area contributed by atoms with E-state index < -0.39 is 13.4 Å². The average Bonchev–Trinajstić information content (AvgIpc) is 2.54. The molecule has 25 heavy (non-hydrogen) atoms. The molecule has 2 atom stereocenters. The Morgan fingerprint density at radius 3 is 1.56 bits per heavy atom. The summed E-state index contributed by atoms with van der Waals surface area (Å²) >= 11 is 0. The fraction of sp³-hybridized carbons (Fsp3) is 1.00. The third-order valence-corrected chi connectivity index (χ3v) is 6.05. The quantitative estimate of drug-likeness (QED) is 0.288. The van der Waals surface area contributed by atoms with E-state index >= 15 is 0 Å². The van der Waals surface area contributed by atoms with Gasteiger partial charge in [0.2, 0.25) is 0 Å². The first-order chi connectivity index (χ1) is 11.8. The van der Waals surface area contributed by atoms with Crippen LogP contribution in [0.15, 0.2) is 0 Å². The molecule has 0 aliphatic carbocycles. The fourth-order valence-electron chi connectivity index (χ4n) is 4.05. The molecule has 0 rings (SSSR count). The summed E-state index contributed by atoms with van der Waals surface area (Å²) in [5, 5.41) is 0. The van der Waals surface area contributed by atoms with E-state index in [0.29, 0.717) is 11.8 Å². The second kappa shape index (κ2) is 13.3. The Morgan fingerprint density at radius 2 is 1.28 bits per heavy atom. The summed E-state index contributed by atoms with van der Waals surface area (Å²) in [5.41, 5.74) is -0.684. The van der Waals surface area contributed by atoms with E-state index in [1.807, 2.05) is 0 Å². The maximum Gasteiger partial charge on any atom is 0.470 e. The van der Waals surface area contributed by atoms with Crippen molar-refractivity contribution < 1.29 is 18.9 Å². The van der Waals surface area contributed by atoms with Gasteiger partial charge in [-0.1, -0.05) is 92.4 Å². The van der Waals surface area contributed by atoms with Gasteiger partial charge >= 0.3 is 7.82 Å². The third-order valence-electron chi connectivity index (χ3n) is 5.43. The summed E-state index contributed by atoms with van der Waals surface area (Å²) in [6.45, 7) is 10.8. The van der Waals surface area contributed by atoms with Crippen molar-refractivity contribution >= 4 is 7.82 Å². The van der Waals surface area contributed by atoms with Crippen LogP contribution in [0.2, 0.25) is 0 Å². The van der Waals surface area contributed by atoms with Gasteiger partial charge in [0.15, 0.2) is 0 Å². The minimum atomic E-state index is -4.50. The number of unbranched alkanes of at least 4 members (excludes halogenated alkanes) is 2. The van der Waals surface area contributed by atoms with E-state index in [2.05, 4.69) is 34.6 Å². The van der Waals surface area contributed by atoms with E-state index in [1.54, 1.807) is 0 Å². The minimum absolute atomic E-state index is 0.474. The zero-order valence-electron chi connectivity index (χ0n) is 17.3. The van der Waals surface area contributed by atoms with Crippen LogP contribution in [0, 0.1) is 11.8 Å². The second-order valence-electron chi connectivity index (χ2n) is 7.76. The Balaban J connectivity index is 5.42. The average molecular weight is 379 g/mol. The molecule has 0 amide bonds. The van der Waals surface area contributed by atoms with Crippen molar-refractivity contribution in [2.24, 2.45) is 11.8 Å². The van der Waals surface area contributed by atoms with Crippen molar-refractivity contribution in [3.05, 3.63) is 0 Å². The van der Waals surface area contributed by atoms with Crippen LogP contribution >= 0.6 is 7.82 Å². The molecule has 0 spiro atoms. The highest BCUT2D eigenvalue weighted by molar-refractivity contribution is 7.46. The summed E-state index contributed by atoms with van der Waals surface area (Å²) in [7, 11) is -4.50. The van der Waals surface area contributed by atoms with E-state index in [1.165, 1.54) is 12.8 Å². The standard InChI is InChI=1S/C20H43O4P/c1-6-11-13-18(9-4)16-20(15-8-3,24-25(21,22)23)17-19(10-5)14-12-7-2/h18-19H,6-17H2,1-5H3,(H2,21,22,23). The zero-order valence-corrected chi connectivity index (χ0v) is 18.2. The summed E-state index contributed by atoms with van der Waals surface area (Å²) in [6.07, 6.45) is 12.1. The van der Waals surface area contributed by atoms with Gasteiger partial charge in [0.05, 0.1) is 5.60 Å². The number of hydrogen-bond acceptors (Lipinski definition) is 2. The predicted octanol–water partition coefficient (Wildman–Crippen LogP) is 6.85. The molecule has 0 aromatic carbocycles. The van der Waals surface area contributed by atoms with Gasteiger partial charge in [0.1, 0.15) is 0 Å². The lowest BCUT2D eigenvalue weighted by molar-refractivity contribution is -0.0174. The van der Waals surface area contributed by atoms with Crippen molar-refractivity contribution in [1.29, 1.82) is 0 Å². The first-order valence-corrected chi connectivity index (χ1v) is 12.0. The second-order valence-corrected chi connectivity index (χ2v) is 8.92. The van der Waals surface area contributed by atoms with Crippen molar-refractivity contribution in [1.82, 2.24) is 0 Å². The van der Waals surface area contributed by atoms with Crippen LogP contribution in [0.1, 0.15) is 112 Å². The molecule has 152 valence electrons. The Hall–Kier alpha value is 0.110. The van der Waals surface area contributed by atoms with Crippen molar-refractivity contribution in [2.45, 2.75) is 117 Å². The molecule has 0 radical (unpaired) electrons. The molecule has 0 bridgehead atoms. The van der Waals surface area contributed by atoms with Crippen LogP contribution < -0.4 is 0 Å². The van der Waals surface area contributed by atoms with Crippen LogP contribution in [-0.4, -0.2) is 15.4 Å². The topological polar surface area (TPSA) is 66.8 Å². The molecule has 0 aliphatic heterocycles. The van der Waals surface area contributed by atoms with Crippen molar-refractivity contribution in [2.75, 3.05) is 0 Å². The molecule has 2 N–H and O–H groups in total. The molecular formula is C20H43O4P. The van der Waals surface area contributed by atoms with Crippen LogP contribution in [-0.2, 0) is 9.09 Å². The van der Waals surface area contributed by atoms with Gasteiger partial charge in [0, 0.05) is 0 Å². The predicted molar refractivity (Wildman–Crippen MR) is 107 cm³/mol. The smallest absolute Gasteiger partial charge is 0.303 e. The molecule has 0 heterocycles. The summed E-state index contributed by atoms with van der Waals surface area (Å²) < 4.78 is 17.3. The molecule has 0 saturated heterocycles. The van der Waals surface area contributed by atoms with E-state index in [-0.39, 0.29) is 0 Å². The first kappa shape index (κ1) is 25.1. The third kappa shape index (κ3) is 11.4. The highest BCUT2D eigenvalue weighted by Crippen LogP contribution is 2.49. The Labute approximate surface area is 156 Å². The van der Waals surface area contributed by atoms with Gasteiger partial charge < -0.3 is 9.79 Å². The Morgan fingerprint density at radius 1 is 0.840 bits per heavy atom. The number of phosphoric acid groups is 1. The van der Waals surface area contributed by atoms with Gasteiger partial charge in [-0.05, 0) is 31.1 Å². The molecule has 0 aromatic heterocycles. The van der Waals surface area contributed by atoms with E-state index in [0.717, 1.165) is 64.2 Å². The molecule has 5 heteroatoms. The maximum absolute atomic E-state index is 11.8. The first-order valence-electron chi connectivity index (χ1n) is 10.5. The van der Waals surface area contributed by atoms with Gasteiger partial charge in [0.25, 0.3) is 0 Å². The highest BCUT2D eigenvalue weighted by Gasteiger charge is 2.40. The molecule has 0 fully saturated rings. The number of rotatable bonds is 16.